The lowest BCUT2D eigenvalue weighted by Crippen LogP contribution is -2.39. The summed E-state index contributed by atoms with van der Waals surface area (Å²) in [5, 5.41) is 8.66. The Balaban J connectivity index is 4.07. The van der Waals surface area contributed by atoms with E-state index < -0.39 is 0 Å². The molecule has 0 aliphatic carbocycles. The van der Waals surface area contributed by atoms with E-state index in [1.165, 1.54) is 0 Å². The molecule has 0 radical (unpaired) electrons. The first kappa shape index (κ1) is 12.9. The highest BCUT2D eigenvalue weighted by atomic mass is 79.9. The maximum absolute atomic E-state index is 8.66. The minimum absolute atomic E-state index is 0.0182. The molecule has 0 heterocycles. The standard InChI is InChI=1S/C10H19BrN2/c1-5-13(8(2)3)9(4)6-10(11)7-12/h8-10H,5-6H2,1-4H3. The molecule has 0 aromatic rings. The minimum Gasteiger partial charge on any atom is -0.298 e. The molecule has 0 N–H and O–H groups in total. The Morgan fingerprint density at radius 3 is 2.23 bits per heavy atom. The highest BCUT2D eigenvalue weighted by Crippen LogP contribution is 2.14. The molecular weight excluding hydrogens is 228 g/mol. The van der Waals surface area contributed by atoms with Crippen LogP contribution < -0.4 is 0 Å². The predicted molar refractivity (Wildman–Crippen MR) is 59.9 cm³/mol. The van der Waals surface area contributed by atoms with Gasteiger partial charge in [0.25, 0.3) is 0 Å². The second-order valence-electron chi connectivity index (χ2n) is 3.61. The van der Waals surface area contributed by atoms with Gasteiger partial charge >= 0.3 is 0 Å². The number of nitrogens with zero attached hydrogens (tertiary/aromatic N) is 2. The van der Waals surface area contributed by atoms with E-state index in [-0.39, 0.29) is 4.83 Å². The minimum atomic E-state index is -0.0182. The molecule has 76 valence electrons. The van der Waals surface area contributed by atoms with Crippen LogP contribution in [-0.2, 0) is 0 Å². The molecule has 0 spiro atoms. The van der Waals surface area contributed by atoms with Gasteiger partial charge in [0.05, 0.1) is 6.07 Å². The largest absolute Gasteiger partial charge is 0.298 e. The molecule has 0 rings (SSSR count). The second-order valence-corrected chi connectivity index (χ2v) is 4.71. The molecule has 13 heavy (non-hydrogen) atoms. The lowest BCUT2D eigenvalue weighted by Gasteiger charge is -2.31. The highest BCUT2D eigenvalue weighted by molar-refractivity contribution is 9.09. The zero-order valence-electron chi connectivity index (χ0n) is 8.92. The van der Waals surface area contributed by atoms with Crippen molar-refractivity contribution in [2.75, 3.05) is 6.54 Å². The van der Waals surface area contributed by atoms with Gasteiger partial charge in [0.1, 0.15) is 4.83 Å². The SMILES string of the molecule is CCN(C(C)C)C(C)CC(Br)C#N. The summed E-state index contributed by atoms with van der Waals surface area (Å²) in [6.07, 6.45) is 0.891. The molecule has 2 atom stereocenters. The molecule has 0 aromatic heterocycles. The van der Waals surface area contributed by atoms with E-state index in [0.717, 1.165) is 13.0 Å². The van der Waals surface area contributed by atoms with Crippen LogP contribution in [-0.4, -0.2) is 28.4 Å². The van der Waals surface area contributed by atoms with Crippen LogP contribution in [0, 0.1) is 11.3 Å². The second kappa shape index (κ2) is 6.39. The fourth-order valence-electron chi connectivity index (χ4n) is 1.67. The van der Waals surface area contributed by atoms with Crippen molar-refractivity contribution in [2.24, 2.45) is 0 Å². The summed E-state index contributed by atoms with van der Waals surface area (Å²) in [5.41, 5.74) is 0. The molecule has 2 nitrogen and oxygen atoms in total. The summed E-state index contributed by atoms with van der Waals surface area (Å²) in [5.74, 6) is 0. The molecule has 0 aromatic carbocycles. The van der Waals surface area contributed by atoms with Crippen molar-refractivity contribution in [3.8, 4) is 6.07 Å². The van der Waals surface area contributed by atoms with Gasteiger partial charge in [0.15, 0.2) is 0 Å². The van der Waals surface area contributed by atoms with Crippen LogP contribution in [0.2, 0.25) is 0 Å². The van der Waals surface area contributed by atoms with E-state index in [1.54, 1.807) is 0 Å². The average molecular weight is 247 g/mol. The fourth-order valence-corrected chi connectivity index (χ4v) is 2.21. The number of nitriles is 1. The van der Waals surface area contributed by atoms with Crippen LogP contribution >= 0.6 is 15.9 Å². The van der Waals surface area contributed by atoms with Crippen LogP contribution in [0.25, 0.3) is 0 Å². The van der Waals surface area contributed by atoms with E-state index in [2.05, 4.69) is 54.6 Å². The summed E-state index contributed by atoms with van der Waals surface area (Å²) in [6, 6.07) is 3.22. The van der Waals surface area contributed by atoms with Crippen LogP contribution in [0.15, 0.2) is 0 Å². The van der Waals surface area contributed by atoms with E-state index in [4.69, 9.17) is 5.26 Å². The Kier molecular flexibility index (Phi) is 6.36. The maximum Gasteiger partial charge on any atom is 0.103 e. The first-order chi connectivity index (χ1) is 6.02. The molecular formula is C10H19BrN2. The zero-order valence-corrected chi connectivity index (χ0v) is 10.5. The number of alkyl halides is 1. The lowest BCUT2D eigenvalue weighted by molar-refractivity contribution is 0.168. The molecule has 0 amide bonds. The van der Waals surface area contributed by atoms with Gasteiger partial charge in [0.2, 0.25) is 0 Å². The normalized spacial score (nSPS) is 15.8. The van der Waals surface area contributed by atoms with Crippen molar-refractivity contribution in [3.63, 3.8) is 0 Å². The first-order valence-electron chi connectivity index (χ1n) is 4.82. The highest BCUT2D eigenvalue weighted by Gasteiger charge is 2.17. The average Bonchev–Trinajstić information content (AvgIpc) is 2.04. The Hall–Kier alpha value is -0.0700. The fraction of sp³-hybridized carbons (Fsp3) is 0.900. The van der Waals surface area contributed by atoms with Crippen molar-refractivity contribution in [2.45, 2.75) is 51.0 Å². The van der Waals surface area contributed by atoms with Crippen molar-refractivity contribution in [3.05, 3.63) is 0 Å². The summed E-state index contributed by atoms with van der Waals surface area (Å²) >= 11 is 3.34. The van der Waals surface area contributed by atoms with Gasteiger partial charge in [-0.05, 0) is 33.7 Å². The van der Waals surface area contributed by atoms with Crippen molar-refractivity contribution in [1.29, 1.82) is 5.26 Å². The molecule has 0 aliphatic heterocycles. The van der Waals surface area contributed by atoms with Crippen LogP contribution in [0.1, 0.15) is 34.1 Å². The summed E-state index contributed by atoms with van der Waals surface area (Å²) in [6.45, 7) is 9.76. The van der Waals surface area contributed by atoms with Crippen molar-refractivity contribution < 1.29 is 0 Å². The van der Waals surface area contributed by atoms with Crippen LogP contribution in [0.4, 0.5) is 0 Å². The van der Waals surface area contributed by atoms with E-state index in [9.17, 15) is 0 Å². The third kappa shape index (κ3) is 4.64. The zero-order chi connectivity index (χ0) is 10.4. The van der Waals surface area contributed by atoms with Gasteiger partial charge in [-0.2, -0.15) is 5.26 Å². The van der Waals surface area contributed by atoms with E-state index in [1.807, 2.05) is 0 Å². The lowest BCUT2D eigenvalue weighted by atomic mass is 10.1. The first-order valence-corrected chi connectivity index (χ1v) is 5.73. The van der Waals surface area contributed by atoms with Gasteiger partial charge in [-0.3, -0.25) is 4.90 Å². The smallest absolute Gasteiger partial charge is 0.103 e. The van der Waals surface area contributed by atoms with Crippen LogP contribution in [0.3, 0.4) is 0 Å². The number of hydrogen-bond acceptors (Lipinski definition) is 2. The molecule has 0 saturated carbocycles. The van der Waals surface area contributed by atoms with E-state index in [0.29, 0.717) is 12.1 Å². The quantitative estimate of drug-likeness (QED) is 0.698. The molecule has 3 heteroatoms. The Morgan fingerprint density at radius 2 is 1.92 bits per heavy atom. The monoisotopic (exact) mass is 246 g/mol. The van der Waals surface area contributed by atoms with Gasteiger partial charge < -0.3 is 0 Å². The number of halogens is 1. The predicted octanol–water partition coefficient (Wildman–Crippen LogP) is 2.78. The molecule has 0 bridgehead atoms. The Labute approximate surface area is 90.0 Å². The van der Waals surface area contributed by atoms with Crippen molar-refractivity contribution >= 4 is 15.9 Å². The third-order valence-corrected chi connectivity index (χ3v) is 2.86. The third-order valence-electron chi connectivity index (χ3n) is 2.28. The van der Waals surface area contributed by atoms with Gasteiger partial charge in [-0.1, -0.05) is 22.9 Å². The topological polar surface area (TPSA) is 27.0 Å². The molecule has 0 saturated heterocycles. The molecule has 2 unspecified atom stereocenters. The number of hydrogen-bond donors (Lipinski definition) is 0. The van der Waals surface area contributed by atoms with Gasteiger partial charge in [-0.15, -0.1) is 0 Å². The van der Waals surface area contributed by atoms with Crippen molar-refractivity contribution in [1.82, 2.24) is 4.90 Å². The Morgan fingerprint density at radius 1 is 1.38 bits per heavy atom. The van der Waals surface area contributed by atoms with Gasteiger partial charge in [0, 0.05) is 12.1 Å². The maximum atomic E-state index is 8.66. The summed E-state index contributed by atoms with van der Waals surface area (Å²) < 4.78 is 0. The van der Waals surface area contributed by atoms with Crippen LogP contribution in [0.5, 0.6) is 0 Å². The van der Waals surface area contributed by atoms with Gasteiger partial charge in [-0.25, -0.2) is 0 Å². The number of rotatable bonds is 5. The van der Waals surface area contributed by atoms with E-state index >= 15 is 0 Å². The summed E-state index contributed by atoms with van der Waals surface area (Å²) in [4.78, 5) is 2.38. The Bertz CT molecular complexity index is 174. The molecule has 0 fully saturated rings. The molecule has 0 aliphatic rings. The summed E-state index contributed by atoms with van der Waals surface area (Å²) in [7, 11) is 0.